The fraction of sp³-hybridized carbons (Fsp3) is 1.00. The minimum atomic E-state index is -0.555. The van der Waals surface area contributed by atoms with Crippen molar-refractivity contribution in [1.82, 2.24) is 5.32 Å². The summed E-state index contributed by atoms with van der Waals surface area (Å²) in [6, 6.07) is 0. The van der Waals surface area contributed by atoms with Gasteiger partial charge in [0, 0.05) is 0 Å². The Labute approximate surface area is 118 Å². The fourth-order valence-electron chi connectivity index (χ4n) is 1.87. The van der Waals surface area contributed by atoms with Gasteiger partial charge < -0.3 is 15.5 Å². The molecule has 0 spiro atoms. The summed E-state index contributed by atoms with van der Waals surface area (Å²) < 4.78 is 0. The van der Waals surface area contributed by atoms with Crippen molar-refractivity contribution < 1.29 is 10.2 Å². The van der Waals surface area contributed by atoms with Crippen LogP contribution in [0.1, 0.15) is 64.7 Å². The lowest BCUT2D eigenvalue weighted by atomic mass is 10.1. The third kappa shape index (κ3) is 20.3. The highest BCUT2D eigenvalue weighted by atomic mass is 16.3. The highest BCUT2D eigenvalue weighted by Crippen LogP contribution is 2.07. The maximum atomic E-state index is 9.11. The van der Waals surface area contributed by atoms with Gasteiger partial charge in [0.25, 0.3) is 0 Å². The van der Waals surface area contributed by atoms with E-state index in [0.717, 1.165) is 13.1 Å². The zero-order valence-corrected chi connectivity index (χ0v) is 12.6. The second-order valence-corrected chi connectivity index (χ2v) is 4.85. The van der Waals surface area contributed by atoms with Gasteiger partial charge in [-0.25, -0.2) is 0 Å². The van der Waals surface area contributed by atoms with Crippen LogP contribution in [0.4, 0.5) is 0 Å². The standard InChI is InChI=1S/C14H31NO2.H4N2/c1-2-3-4-5-6-7-8-9-11-15-12-10-14(17)13-16;1-2/h14-17H,2-13H2,1H3;1-2H2/t14-;/m0./s1. The molecule has 0 heterocycles. The number of unbranched alkanes of at least 4 members (excludes halogenated alkanes) is 7. The molecule has 0 amide bonds. The average Bonchev–Trinajstić information content (AvgIpc) is 2.46. The molecule has 5 nitrogen and oxygen atoms in total. The quantitative estimate of drug-likeness (QED) is 0.198. The van der Waals surface area contributed by atoms with Crippen LogP contribution in [0, 0.1) is 0 Å². The van der Waals surface area contributed by atoms with Crippen molar-refractivity contribution in [3.8, 4) is 0 Å². The van der Waals surface area contributed by atoms with Crippen LogP contribution in [-0.2, 0) is 0 Å². The number of hydrogen-bond donors (Lipinski definition) is 5. The summed E-state index contributed by atoms with van der Waals surface area (Å²) in [5, 5.41) is 21.0. The molecule has 0 bridgehead atoms. The molecule has 0 aliphatic carbocycles. The topological polar surface area (TPSA) is 105 Å². The van der Waals surface area contributed by atoms with E-state index in [9.17, 15) is 0 Å². The van der Waals surface area contributed by atoms with Gasteiger partial charge in [0.2, 0.25) is 0 Å². The largest absolute Gasteiger partial charge is 0.394 e. The van der Waals surface area contributed by atoms with Gasteiger partial charge in [-0.05, 0) is 25.9 Å². The predicted octanol–water partition coefficient (Wildman–Crippen LogP) is 1.28. The summed E-state index contributed by atoms with van der Waals surface area (Å²) in [4.78, 5) is 0. The Hall–Kier alpha value is -0.200. The third-order valence-corrected chi connectivity index (χ3v) is 3.07. The Bertz CT molecular complexity index is 149. The van der Waals surface area contributed by atoms with Gasteiger partial charge in [0.05, 0.1) is 12.7 Å². The van der Waals surface area contributed by atoms with E-state index in [4.69, 9.17) is 10.2 Å². The Kier molecular flexibility index (Phi) is 22.4. The molecule has 0 saturated carbocycles. The molecule has 7 N–H and O–H groups in total. The number of hydrogen-bond acceptors (Lipinski definition) is 5. The Morgan fingerprint density at radius 1 is 0.895 bits per heavy atom. The lowest BCUT2D eigenvalue weighted by molar-refractivity contribution is 0.0883. The molecule has 0 rings (SSSR count). The van der Waals surface area contributed by atoms with Crippen molar-refractivity contribution in [3.05, 3.63) is 0 Å². The monoisotopic (exact) mass is 277 g/mol. The van der Waals surface area contributed by atoms with E-state index in [-0.39, 0.29) is 6.61 Å². The van der Waals surface area contributed by atoms with Gasteiger partial charge in [-0.2, -0.15) is 0 Å². The minimum Gasteiger partial charge on any atom is -0.394 e. The zero-order chi connectivity index (χ0) is 14.8. The molecule has 0 fully saturated rings. The number of aliphatic hydroxyl groups excluding tert-OH is 2. The zero-order valence-electron chi connectivity index (χ0n) is 12.6. The van der Waals surface area contributed by atoms with Crippen molar-refractivity contribution in [2.75, 3.05) is 19.7 Å². The van der Waals surface area contributed by atoms with Crippen LogP contribution in [0.25, 0.3) is 0 Å². The summed E-state index contributed by atoms with van der Waals surface area (Å²) in [6.45, 7) is 3.96. The number of nitrogens with one attached hydrogen (secondary N) is 1. The molecule has 0 aromatic carbocycles. The Balaban J connectivity index is 0. The minimum absolute atomic E-state index is 0.126. The lowest BCUT2D eigenvalue weighted by Gasteiger charge is -2.08. The summed E-state index contributed by atoms with van der Waals surface area (Å²) in [7, 11) is 0. The summed E-state index contributed by atoms with van der Waals surface area (Å²) in [6.07, 6.45) is 10.9. The van der Waals surface area contributed by atoms with Crippen LogP contribution in [-0.4, -0.2) is 36.0 Å². The molecule has 0 aromatic heterocycles. The van der Waals surface area contributed by atoms with Crippen LogP contribution >= 0.6 is 0 Å². The van der Waals surface area contributed by atoms with Crippen LogP contribution in [0.5, 0.6) is 0 Å². The van der Waals surface area contributed by atoms with Gasteiger partial charge in [-0.3, -0.25) is 11.7 Å². The maximum Gasteiger partial charge on any atom is 0.0783 e. The van der Waals surface area contributed by atoms with Gasteiger partial charge in [0.15, 0.2) is 0 Å². The molecule has 0 radical (unpaired) electrons. The second-order valence-electron chi connectivity index (χ2n) is 4.85. The second kappa shape index (κ2) is 20.1. The van der Waals surface area contributed by atoms with E-state index < -0.39 is 6.10 Å². The lowest BCUT2D eigenvalue weighted by Crippen LogP contribution is -2.23. The summed E-state index contributed by atoms with van der Waals surface area (Å²) >= 11 is 0. The molecule has 0 aliphatic heterocycles. The molecule has 0 saturated heterocycles. The van der Waals surface area contributed by atoms with Crippen molar-refractivity contribution in [3.63, 3.8) is 0 Å². The van der Waals surface area contributed by atoms with Crippen LogP contribution in [0.2, 0.25) is 0 Å². The number of aliphatic hydroxyl groups is 2. The smallest absolute Gasteiger partial charge is 0.0783 e. The Morgan fingerprint density at radius 2 is 1.42 bits per heavy atom. The first-order chi connectivity index (χ1) is 9.31. The Morgan fingerprint density at radius 3 is 1.95 bits per heavy atom. The van der Waals surface area contributed by atoms with E-state index in [0.29, 0.717) is 6.42 Å². The van der Waals surface area contributed by atoms with Gasteiger partial charge in [0.1, 0.15) is 0 Å². The van der Waals surface area contributed by atoms with E-state index in [1.54, 1.807) is 0 Å². The predicted molar refractivity (Wildman–Crippen MR) is 81.6 cm³/mol. The van der Waals surface area contributed by atoms with Crippen molar-refractivity contribution in [2.24, 2.45) is 11.7 Å². The van der Waals surface area contributed by atoms with E-state index >= 15 is 0 Å². The molecule has 118 valence electrons. The van der Waals surface area contributed by atoms with Crippen LogP contribution < -0.4 is 17.0 Å². The molecular weight excluding hydrogens is 242 g/mol. The first kappa shape index (κ1) is 21.1. The molecule has 0 unspecified atom stereocenters. The molecule has 1 atom stereocenters. The van der Waals surface area contributed by atoms with Gasteiger partial charge >= 0.3 is 0 Å². The van der Waals surface area contributed by atoms with Gasteiger partial charge in [-0.15, -0.1) is 0 Å². The van der Waals surface area contributed by atoms with Crippen LogP contribution in [0.3, 0.4) is 0 Å². The molecular formula is C14H35N3O2. The first-order valence-corrected chi connectivity index (χ1v) is 7.64. The summed E-state index contributed by atoms with van der Waals surface area (Å²) in [5.74, 6) is 8.00. The molecule has 19 heavy (non-hydrogen) atoms. The van der Waals surface area contributed by atoms with Crippen molar-refractivity contribution >= 4 is 0 Å². The van der Waals surface area contributed by atoms with Crippen molar-refractivity contribution in [2.45, 2.75) is 70.8 Å². The SMILES string of the molecule is CCCCCCCCCCNCC[C@H](O)CO.NN. The summed E-state index contributed by atoms with van der Waals surface area (Å²) in [5.41, 5.74) is 0. The first-order valence-electron chi connectivity index (χ1n) is 7.64. The molecule has 0 aliphatic rings. The highest BCUT2D eigenvalue weighted by molar-refractivity contribution is 4.56. The van der Waals surface area contributed by atoms with Gasteiger partial charge in [-0.1, -0.05) is 51.9 Å². The van der Waals surface area contributed by atoms with E-state index in [1.165, 1.54) is 51.4 Å². The van der Waals surface area contributed by atoms with E-state index in [1.807, 2.05) is 0 Å². The fourth-order valence-corrected chi connectivity index (χ4v) is 1.87. The third-order valence-electron chi connectivity index (χ3n) is 3.07. The van der Waals surface area contributed by atoms with Crippen molar-refractivity contribution in [1.29, 1.82) is 0 Å². The molecule has 0 aromatic rings. The molecule has 5 heteroatoms. The highest BCUT2D eigenvalue weighted by Gasteiger charge is 1.99. The number of rotatable bonds is 13. The van der Waals surface area contributed by atoms with Crippen LogP contribution in [0.15, 0.2) is 0 Å². The average molecular weight is 277 g/mol. The normalized spacial score (nSPS) is 11.8. The maximum absolute atomic E-state index is 9.11. The number of nitrogens with two attached hydrogens (primary N) is 2. The number of hydrazine groups is 1. The van der Waals surface area contributed by atoms with E-state index in [2.05, 4.69) is 23.9 Å².